The van der Waals surface area contributed by atoms with Crippen LogP contribution in [0.4, 0.5) is 10.1 Å². The van der Waals surface area contributed by atoms with Crippen LogP contribution in [-0.4, -0.2) is 25.4 Å². The molecule has 0 radical (unpaired) electrons. The van der Waals surface area contributed by atoms with Crippen molar-refractivity contribution in [3.05, 3.63) is 53.4 Å². The van der Waals surface area contributed by atoms with E-state index in [0.29, 0.717) is 19.1 Å². The van der Waals surface area contributed by atoms with Gasteiger partial charge < -0.3 is 14.8 Å². The molecule has 4 heteroatoms. The Morgan fingerprint density at radius 3 is 2.83 bits per heavy atom. The van der Waals surface area contributed by atoms with Crippen molar-refractivity contribution in [2.45, 2.75) is 44.4 Å². The van der Waals surface area contributed by atoms with Gasteiger partial charge in [-0.1, -0.05) is 32.1 Å². The van der Waals surface area contributed by atoms with E-state index < -0.39 is 0 Å². The summed E-state index contributed by atoms with van der Waals surface area (Å²) in [6.07, 6.45) is 5.79. The molecule has 4 rings (SSSR count). The highest BCUT2D eigenvalue weighted by Gasteiger charge is 2.43. The zero-order valence-electron chi connectivity index (χ0n) is 14.2. The molecule has 24 heavy (non-hydrogen) atoms. The molecule has 1 N–H and O–H groups in total. The standard InChI is InChI=1S/C20H24FNO2/c1-12(2)13-6-7-17-16(11-13)19-20(24-9-8-23-19)18(22-17)14-4-3-5-15(21)10-14/h3,5-7,10-12,14,18-20,22H,4,8-9H2,1-2H3/t14?,18-,19+,20-/m1/s1. The lowest BCUT2D eigenvalue weighted by atomic mass is 9.81. The van der Waals surface area contributed by atoms with Gasteiger partial charge in [0.2, 0.25) is 0 Å². The molecule has 0 bridgehead atoms. The highest BCUT2D eigenvalue weighted by Crippen LogP contribution is 2.43. The van der Waals surface area contributed by atoms with E-state index in [0.717, 1.165) is 17.7 Å². The minimum Gasteiger partial charge on any atom is -0.379 e. The minimum absolute atomic E-state index is 0.0170. The molecule has 0 spiro atoms. The first-order valence-corrected chi connectivity index (χ1v) is 8.81. The van der Waals surface area contributed by atoms with Crippen LogP contribution in [0, 0.1) is 5.92 Å². The third kappa shape index (κ3) is 2.78. The van der Waals surface area contributed by atoms with Crippen molar-refractivity contribution in [2.24, 2.45) is 5.92 Å². The van der Waals surface area contributed by atoms with Gasteiger partial charge >= 0.3 is 0 Å². The fourth-order valence-corrected chi connectivity index (χ4v) is 3.94. The van der Waals surface area contributed by atoms with E-state index in [4.69, 9.17) is 9.47 Å². The van der Waals surface area contributed by atoms with Gasteiger partial charge in [0.15, 0.2) is 0 Å². The van der Waals surface area contributed by atoms with Gasteiger partial charge in [-0.25, -0.2) is 4.39 Å². The maximum atomic E-state index is 13.7. The van der Waals surface area contributed by atoms with Crippen molar-refractivity contribution in [1.29, 1.82) is 0 Å². The molecule has 1 aliphatic carbocycles. The van der Waals surface area contributed by atoms with Crippen molar-refractivity contribution in [1.82, 2.24) is 0 Å². The van der Waals surface area contributed by atoms with Crippen LogP contribution >= 0.6 is 0 Å². The number of nitrogens with one attached hydrogen (secondary N) is 1. The van der Waals surface area contributed by atoms with E-state index in [1.165, 1.54) is 11.6 Å². The summed E-state index contributed by atoms with van der Waals surface area (Å²) >= 11 is 0. The second-order valence-corrected chi connectivity index (χ2v) is 7.15. The number of rotatable bonds is 2. The zero-order valence-corrected chi connectivity index (χ0v) is 14.2. The van der Waals surface area contributed by atoms with Crippen LogP contribution < -0.4 is 5.32 Å². The lowest BCUT2D eigenvalue weighted by Gasteiger charge is -2.45. The SMILES string of the molecule is CC(C)c1ccc2c(c1)[C@@H]1OCCO[C@@H]1[C@@H](C1C=C(F)C=CC1)N2. The number of ether oxygens (including phenoxy) is 2. The third-order valence-electron chi connectivity index (χ3n) is 5.23. The van der Waals surface area contributed by atoms with Gasteiger partial charge in [0.05, 0.1) is 19.3 Å². The predicted molar refractivity (Wildman–Crippen MR) is 92.8 cm³/mol. The first-order chi connectivity index (χ1) is 11.6. The maximum Gasteiger partial charge on any atom is 0.119 e. The maximum absolute atomic E-state index is 13.7. The number of fused-ring (bicyclic) bond motifs is 3. The Hall–Kier alpha value is -1.65. The molecule has 1 fully saturated rings. The summed E-state index contributed by atoms with van der Waals surface area (Å²) in [4.78, 5) is 0. The monoisotopic (exact) mass is 329 g/mol. The summed E-state index contributed by atoms with van der Waals surface area (Å²) in [6.45, 7) is 5.58. The Kier molecular flexibility index (Phi) is 4.19. The van der Waals surface area contributed by atoms with Crippen LogP contribution in [-0.2, 0) is 9.47 Å². The normalized spacial score (nSPS) is 31.9. The molecule has 128 valence electrons. The Bertz CT molecular complexity index is 682. The van der Waals surface area contributed by atoms with E-state index >= 15 is 0 Å². The summed E-state index contributed by atoms with van der Waals surface area (Å²) in [5.41, 5.74) is 3.55. The van der Waals surface area contributed by atoms with E-state index in [2.05, 4.69) is 37.4 Å². The van der Waals surface area contributed by atoms with Crippen LogP contribution in [0.5, 0.6) is 0 Å². The average Bonchev–Trinajstić information content (AvgIpc) is 2.60. The first-order valence-electron chi connectivity index (χ1n) is 8.81. The number of hydrogen-bond donors (Lipinski definition) is 1. The van der Waals surface area contributed by atoms with Crippen LogP contribution in [0.15, 0.2) is 42.3 Å². The summed E-state index contributed by atoms with van der Waals surface area (Å²) < 4.78 is 25.9. The fraction of sp³-hybridized carbons (Fsp3) is 0.500. The average molecular weight is 329 g/mol. The summed E-state index contributed by atoms with van der Waals surface area (Å²) in [5.74, 6) is 0.376. The molecule has 2 heterocycles. The smallest absolute Gasteiger partial charge is 0.119 e. The molecule has 0 saturated carbocycles. The predicted octanol–water partition coefficient (Wildman–Crippen LogP) is 4.49. The van der Waals surface area contributed by atoms with Crippen LogP contribution in [0.3, 0.4) is 0 Å². The van der Waals surface area contributed by atoms with Gasteiger partial charge in [-0.15, -0.1) is 0 Å². The lowest BCUT2D eigenvalue weighted by molar-refractivity contribution is -0.153. The van der Waals surface area contributed by atoms with Crippen molar-refractivity contribution >= 4 is 5.69 Å². The molecule has 4 atom stereocenters. The number of halogens is 1. The third-order valence-corrected chi connectivity index (χ3v) is 5.23. The molecule has 0 amide bonds. The lowest BCUT2D eigenvalue weighted by Crippen LogP contribution is -2.51. The highest BCUT2D eigenvalue weighted by atomic mass is 19.1. The highest BCUT2D eigenvalue weighted by molar-refractivity contribution is 5.58. The molecule has 1 aromatic rings. The molecule has 1 saturated heterocycles. The first kappa shape index (κ1) is 15.9. The molecule has 3 aliphatic rings. The van der Waals surface area contributed by atoms with Crippen LogP contribution in [0.1, 0.15) is 43.4 Å². The number of anilines is 1. The second kappa shape index (κ2) is 6.34. The number of allylic oxidation sites excluding steroid dienone is 3. The summed E-state index contributed by atoms with van der Waals surface area (Å²) in [5, 5.41) is 3.60. The van der Waals surface area contributed by atoms with Crippen molar-refractivity contribution in [2.75, 3.05) is 18.5 Å². The molecule has 2 aliphatic heterocycles. The van der Waals surface area contributed by atoms with Crippen molar-refractivity contribution in [3.8, 4) is 0 Å². The Morgan fingerprint density at radius 1 is 1.21 bits per heavy atom. The number of benzene rings is 1. The van der Waals surface area contributed by atoms with Gasteiger partial charge in [-0.3, -0.25) is 0 Å². The van der Waals surface area contributed by atoms with Gasteiger partial charge in [-0.2, -0.15) is 0 Å². The quantitative estimate of drug-likeness (QED) is 0.867. The van der Waals surface area contributed by atoms with E-state index in [9.17, 15) is 4.39 Å². The molecule has 3 nitrogen and oxygen atoms in total. The van der Waals surface area contributed by atoms with Gasteiger partial charge in [-0.05, 0) is 36.1 Å². The largest absolute Gasteiger partial charge is 0.379 e. The summed E-state index contributed by atoms with van der Waals surface area (Å²) in [7, 11) is 0. The number of hydrogen-bond acceptors (Lipinski definition) is 3. The van der Waals surface area contributed by atoms with Crippen molar-refractivity contribution < 1.29 is 13.9 Å². The minimum atomic E-state index is -0.165. The van der Waals surface area contributed by atoms with E-state index in [1.807, 2.05) is 6.08 Å². The molecule has 1 unspecified atom stereocenters. The van der Waals surface area contributed by atoms with Crippen molar-refractivity contribution in [3.63, 3.8) is 0 Å². The van der Waals surface area contributed by atoms with Gasteiger partial charge in [0, 0.05) is 17.2 Å². The van der Waals surface area contributed by atoms with E-state index in [-0.39, 0.29) is 30.0 Å². The zero-order chi connectivity index (χ0) is 16.7. The van der Waals surface area contributed by atoms with Crippen LogP contribution in [0.2, 0.25) is 0 Å². The topological polar surface area (TPSA) is 30.5 Å². The molecule has 1 aromatic carbocycles. The Labute approximate surface area is 142 Å². The fourth-order valence-electron chi connectivity index (χ4n) is 3.94. The molecular weight excluding hydrogens is 305 g/mol. The molecular formula is C20H24FNO2. The van der Waals surface area contributed by atoms with Gasteiger partial charge in [0.25, 0.3) is 0 Å². The summed E-state index contributed by atoms with van der Waals surface area (Å²) in [6, 6.07) is 6.54. The second-order valence-electron chi connectivity index (χ2n) is 7.15. The van der Waals surface area contributed by atoms with Crippen LogP contribution in [0.25, 0.3) is 0 Å². The van der Waals surface area contributed by atoms with E-state index in [1.54, 1.807) is 6.08 Å². The Balaban J connectivity index is 1.71. The Morgan fingerprint density at radius 2 is 2.04 bits per heavy atom. The van der Waals surface area contributed by atoms with Gasteiger partial charge in [0.1, 0.15) is 18.0 Å². The molecule has 0 aromatic heterocycles.